The normalized spacial score (nSPS) is 10.7. The SMILES string of the molecule is COc1ccccc1CCNc1cc(-c2ccc3ncccc3c2)ncn1. The van der Waals surface area contributed by atoms with E-state index in [1.807, 2.05) is 42.5 Å². The molecule has 0 atom stereocenters. The smallest absolute Gasteiger partial charge is 0.129 e. The Hall–Kier alpha value is -3.47. The number of hydrogen-bond acceptors (Lipinski definition) is 5. The molecule has 0 unspecified atom stereocenters. The maximum atomic E-state index is 5.40. The van der Waals surface area contributed by atoms with Crippen molar-refractivity contribution in [2.75, 3.05) is 19.0 Å². The highest BCUT2D eigenvalue weighted by Gasteiger charge is 2.05. The van der Waals surface area contributed by atoms with E-state index in [9.17, 15) is 0 Å². The monoisotopic (exact) mass is 356 g/mol. The molecule has 0 fully saturated rings. The molecular weight excluding hydrogens is 336 g/mol. The lowest BCUT2D eigenvalue weighted by Gasteiger charge is -2.10. The Kier molecular flexibility index (Phi) is 4.92. The van der Waals surface area contributed by atoms with Gasteiger partial charge in [0.1, 0.15) is 17.9 Å². The minimum absolute atomic E-state index is 0.762. The predicted octanol–water partition coefficient (Wildman–Crippen LogP) is 4.36. The molecule has 0 radical (unpaired) electrons. The molecule has 1 N–H and O–H groups in total. The Morgan fingerprint density at radius 1 is 0.926 bits per heavy atom. The Morgan fingerprint density at radius 3 is 2.78 bits per heavy atom. The second-order valence-corrected chi connectivity index (χ2v) is 6.19. The largest absolute Gasteiger partial charge is 0.496 e. The van der Waals surface area contributed by atoms with E-state index in [1.165, 1.54) is 5.56 Å². The summed E-state index contributed by atoms with van der Waals surface area (Å²) < 4.78 is 5.40. The van der Waals surface area contributed by atoms with E-state index in [0.29, 0.717) is 0 Å². The van der Waals surface area contributed by atoms with Crippen LogP contribution in [0.4, 0.5) is 5.82 Å². The number of aromatic nitrogens is 3. The molecule has 2 heterocycles. The minimum Gasteiger partial charge on any atom is -0.496 e. The summed E-state index contributed by atoms with van der Waals surface area (Å²) in [7, 11) is 1.70. The van der Waals surface area contributed by atoms with Crippen molar-refractivity contribution in [3.05, 3.63) is 78.8 Å². The molecule has 0 bridgehead atoms. The molecule has 4 aromatic rings. The number of para-hydroxylation sites is 1. The lowest BCUT2D eigenvalue weighted by Crippen LogP contribution is -2.07. The minimum atomic E-state index is 0.762. The number of nitrogens with one attached hydrogen (secondary N) is 1. The summed E-state index contributed by atoms with van der Waals surface area (Å²) in [5.74, 6) is 1.72. The number of ether oxygens (including phenoxy) is 1. The highest BCUT2D eigenvalue weighted by Crippen LogP contribution is 2.23. The van der Waals surface area contributed by atoms with Crippen molar-refractivity contribution in [2.45, 2.75) is 6.42 Å². The van der Waals surface area contributed by atoms with E-state index in [1.54, 1.807) is 19.6 Å². The maximum absolute atomic E-state index is 5.40. The fourth-order valence-electron chi connectivity index (χ4n) is 3.08. The molecule has 0 aliphatic carbocycles. The molecule has 0 spiro atoms. The van der Waals surface area contributed by atoms with E-state index in [4.69, 9.17) is 4.74 Å². The van der Waals surface area contributed by atoms with E-state index < -0.39 is 0 Å². The van der Waals surface area contributed by atoms with Gasteiger partial charge < -0.3 is 10.1 Å². The second kappa shape index (κ2) is 7.83. The van der Waals surface area contributed by atoms with E-state index in [0.717, 1.165) is 46.7 Å². The van der Waals surface area contributed by atoms with Crippen LogP contribution < -0.4 is 10.1 Å². The number of fused-ring (bicyclic) bond motifs is 1. The van der Waals surface area contributed by atoms with Crippen molar-refractivity contribution in [3.8, 4) is 17.0 Å². The molecule has 2 aromatic carbocycles. The number of methoxy groups -OCH3 is 1. The summed E-state index contributed by atoms with van der Waals surface area (Å²) in [6.45, 7) is 0.762. The van der Waals surface area contributed by atoms with Crippen LogP contribution in [0.15, 0.2) is 73.2 Å². The van der Waals surface area contributed by atoms with E-state index >= 15 is 0 Å². The van der Waals surface area contributed by atoms with Gasteiger partial charge in [0.25, 0.3) is 0 Å². The summed E-state index contributed by atoms with van der Waals surface area (Å²) in [6.07, 6.45) is 4.25. The highest BCUT2D eigenvalue weighted by molar-refractivity contribution is 5.83. The van der Waals surface area contributed by atoms with Crippen molar-refractivity contribution in [3.63, 3.8) is 0 Å². The number of pyridine rings is 1. The van der Waals surface area contributed by atoms with Gasteiger partial charge in [-0.2, -0.15) is 0 Å². The predicted molar refractivity (Wildman–Crippen MR) is 108 cm³/mol. The van der Waals surface area contributed by atoms with E-state index in [2.05, 4.69) is 38.5 Å². The molecule has 27 heavy (non-hydrogen) atoms. The van der Waals surface area contributed by atoms with Gasteiger partial charge in [-0.3, -0.25) is 4.98 Å². The lowest BCUT2D eigenvalue weighted by molar-refractivity contribution is 0.410. The number of hydrogen-bond donors (Lipinski definition) is 1. The van der Waals surface area contributed by atoms with Gasteiger partial charge in [-0.15, -0.1) is 0 Å². The average molecular weight is 356 g/mol. The summed E-state index contributed by atoms with van der Waals surface area (Å²) in [6, 6.07) is 20.2. The van der Waals surface area contributed by atoms with Crippen molar-refractivity contribution in [2.24, 2.45) is 0 Å². The topological polar surface area (TPSA) is 59.9 Å². The van der Waals surface area contributed by atoms with Crippen LogP contribution >= 0.6 is 0 Å². The zero-order chi connectivity index (χ0) is 18.5. The molecule has 5 nitrogen and oxygen atoms in total. The third kappa shape index (κ3) is 3.87. The van der Waals surface area contributed by atoms with Gasteiger partial charge in [0.05, 0.1) is 18.3 Å². The van der Waals surface area contributed by atoms with Gasteiger partial charge in [-0.05, 0) is 36.2 Å². The Bertz CT molecular complexity index is 1060. The molecule has 134 valence electrons. The molecular formula is C22H20N4O. The first-order valence-electron chi connectivity index (χ1n) is 8.86. The first-order valence-corrected chi connectivity index (χ1v) is 8.86. The molecule has 0 saturated carbocycles. The third-order valence-corrected chi connectivity index (χ3v) is 4.46. The fourth-order valence-corrected chi connectivity index (χ4v) is 3.08. The van der Waals surface area contributed by atoms with Crippen molar-refractivity contribution < 1.29 is 4.74 Å². The van der Waals surface area contributed by atoms with Crippen LogP contribution in [0.3, 0.4) is 0 Å². The van der Waals surface area contributed by atoms with Crippen LogP contribution in [-0.2, 0) is 6.42 Å². The highest BCUT2D eigenvalue weighted by atomic mass is 16.5. The van der Waals surface area contributed by atoms with Gasteiger partial charge in [-0.1, -0.05) is 30.3 Å². The van der Waals surface area contributed by atoms with Crippen LogP contribution in [0.5, 0.6) is 5.75 Å². The maximum Gasteiger partial charge on any atom is 0.129 e. The van der Waals surface area contributed by atoms with Crippen LogP contribution in [-0.4, -0.2) is 28.6 Å². The van der Waals surface area contributed by atoms with Gasteiger partial charge in [-0.25, -0.2) is 9.97 Å². The Balaban J connectivity index is 1.48. The Morgan fingerprint density at radius 2 is 1.85 bits per heavy atom. The molecule has 0 amide bonds. The van der Waals surface area contributed by atoms with Crippen molar-refractivity contribution in [1.82, 2.24) is 15.0 Å². The number of rotatable bonds is 6. The van der Waals surface area contributed by atoms with Gasteiger partial charge in [0.2, 0.25) is 0 Å². The second-order valence-electron chi connectivity index (χ2n) is 6.19. The van der Waals surface area contributed by atoms with Gasteiger partial charge in [0, 0.05) is 29.8 Å². The first-order chi connectivity index (χ1) is 13.3. The van der Waals surface area contributed by atoms with Gasteiger partial charge >= 0.3 is 0 Å². The van der Waals surface area contributed by atoms with Crippen LogP contribution in [0.1, 0.15) is 5.56 Å². The summed E-state index contributed by atoms with van der Waals surface area (Å²) in [5.41, 5.74) is 4.08. The quantitative estimate of drug-likeness (QED) is 0.556. The zero-order valence-corrected chi connectivity index (χ0v) is 15.1. The number of nitrogens with zero attached hydrogens (tertiary/aromatic N) is 3. The number of benzene rings is 2. The third-order valence-electron chi connectivity index (χ3n) is 4.46. The van der Waals surface area contributed by atoms with Crippen molar-refractivity contribution >= 4 is 16.7 Å². The van der Waals surface area contributed by atoms with Crippen LogP contribution in [0.25, 0.3) is 22.2 Å². The molecule has 5 heteroatoms. The number of anilines is 1. The molecule has 0 saturated heterocycles. The van der Waals surface area contributed by atoms with E-state index in [-0.39, 0.29) is 0 Å². The van der Waals surface area contributed by atoms with Crippen molar-refractivity contribution in [1.29, 1.82) is 0 Å². The van der Waals surface area contributed by atoms with Crippen LogP contribution in [0, 0.1) is 0 Å². The molecule has 0 aliphatic heterocycles. The first kappa shape index (κ1) is 17.0. The summed E-state index contributed by atoms with van der Waals surface area (Å²) in [4.78, 5) is 13.1. The lowest BCUT2D eigenvalue weighted by atomic mass is 10.1. The average Bonchev–Trinajstić information content (AvgIpc) is 2.74. The standard InChI is InChI=1S/C22H20N4O/c1-27-21-7-3-2-5-16(21)10-12-24-22-14-20(25-15-26-22)18-8-9-19-17(13-18)6-4-11-23-19/h2-9,11,13-15H,10,12H2,1H3,(H,24,25,26). The zero-order valence-electron chi connectivity index (χ0n) is 15.1. The molecule has 2 aromatic heterocycles. The molecule has 0 aliphatic rings. The molecule has 4 rings (SSSR count). The Labute approximate surface area is 158 Å². The van der Waals surface area contributed by atoms with Gasteiger partial charge in [0.15, 0.2) is 0 Å². The summed E-state index contributed by atoms with van der Waals surface area (Å²) >= 11 is 0. The fraction of sp³-hybridized carbons (Fsp3) is 0.136. The van der Waals surface area contributed by atoms with Crippen LogP contribution in [0.2, 0.25) is 0 Å². The summed E-state index contributed by atoms with van der Waals surface area (Å²) in [5, 5.41) is 4.47.